The van der Waals surface area contributed by atoms with Crippen LogP contribution >= 0.6 is 0 Å². The van der Waals surface area contributed by atoms with Crippen molar-refractivity contribution in [3.8, 4) is 0 Å². The van der Waals surface area contributed by atoms with Crippen LogP contribution in [0.5, 0.6) is 0 Å². The van der Waals surface area contributed by atoms with Crippen LogP contribution in [-0.2, 0) is 6.54 Å². The smallest absolute Gasteiger partial charge is 0.0411 e. The Bertz CT molecular complexity index is 534. The van der Waals surface area contributed by atoms with Crippen molar-refractivity contribution in [2.75, 3.05) is 51.7 Å². The lowest BCUT2D eigenvalue weighted by Crippen LogP contribution is -2.56. The SMILES string of the molecule is CN1CCC(N(C)c2ccccc2CN2CCNC(C)(C)C2)CC1. The second-order valence-corrected chi connectivity index (χ2v) is 8.30. The van der Waals surface area contributed by atoms with Crippen LogP contribution in [0.4, 0.5) is 5.69 Å². The maximum atomic E-state index is 3.61. The molecule has 0 saturated carbocycles. The van der Waals surface area contributed by atoms with Crippen molar-refractivity contribution in [1.82, 2.24) is 15.1 Å². The number of piperidine rings is 1. The highest BCUT2D eigenvalue weighted by molar-refractivity contribution is 5.54. The van der Waals surface area contributed by atoms with Crippen LogP contribution < -0.4 is 10.2 Å². The topological polar surface area (TPSA) is 21.8 Å². The van der Waals surface area contributed by atoms with Gasteiger partial charge in [-0.05, 0) is 58.5 Å². The van der Waals surface area contributed by atoms with Crippen molar-refractivity contribution in [3.05, 3.63) is 29.8 Å². The molecule has 134 valence electrons. The van der Waals surface area contributed by atoms with Gasteiger partial charge in [-0.1, -0.05) is 18.2 Å². The number of anilines is 1. The van der Waals surface area contributed by atoms with Gasteiger partial charge in [0.05, 0.1) is 0 Å². The van der Waals surface area contributed by atoms with Crippen molar-refractivity contribution in [3.63, 3.8) is 0 Å². The van der Waals surface area contributed by atoms with Crippen molar-refractivity contribution in [2.24, 2.45) is 0 Å². The molecule has 0 atom stereocenters. The molecule has 2 saturated heterocycles. The minimum absolute atomic E-state index is 0.215. The van der Waals surface area contributed by atoms with Gasteiger partial charge in [-0.15, -0.1) is 0 Å². The molecule has 4 nitrogen and oxygen atoms in total. The van der Waals surface area contributed by atoms with Gasteiger partial charge in [0.1, 0.15) is 0 Å². The van der Waals surface area contributed by atoms with Crippen molar-refractivity contribution < 1.29 is 0 Å². The van der Waals surface area contributed by atoms with E-state index in [1.807, 2.05) is 0 Å². The Labute approximate surface area is 147 Å². The van der Waals surface area contributed by atoms with Gasteiger partial charge in [-0.2, -0.15) is 0 Å². The molecule has 24 heavy (non-hydrogen) atoms. The van der Waals surface area contributed by atoms with Gasteiger partial charge in [-0.3, -0.25) is 4.90 Å². The van der Waals surface area contributed by atoms with E-state index in [1.54, 1.807) is 0 Å². The summed E-state index contributed by atoms with van der Waals surface area (Å²) in [6, 6.07) is 9.67. The van der Waals surface area contributed by atoms with Crippen LogP contribution in [0.1, 0.15) is 32.3 Å². The maximum Gasteiger partial charge on any atom is 0.0411 e. The van der Waals surface area contributed by atoms with Gasteiger partial charge in [0, 0.05) is 50.5 Å². The van der Waals surface area contributed by atoms with Crippen molar-refractivity contribution in [1.29, 1.82) is 0 Å². The van der Waals surface area contributed by atoms with E-state index in [-0.39, 0.29) is 5.54 Å². The minimum atomic E-state index is 0.215. The predicted octanol–water partition coefficient (Wildman–Crippen LogP) is 2.40. The number of para-hydroxylation sites is 1. The molecule has 4 heteroatoms. The first-order valence-electron chi connectivity index (χ1n) is 9.41. The lowest BCUT2D eigenvalue weighted by molar-refractivity contribution is 0.148. The number of benzene rings is 1. The van der Waals surface area contributed by atoms with Crippen LogP contribution in [0.15, 0.2) is 24.3 Å². The molecular formula is C20H34N4. The summed E-state index contributed by atoms with van der Waals surface area (Å²) in [6.45, 7) is 11.4. The van der Waals surface area contributed by atoms with E-state index >= 15 is 0 Å². The third kappa shape index (κ3) is 4.29. The number of hydrogen-bond acceptors (Lipinski definition) is 4. The van der Waals surface area contributed by atoms with Crippen molar-refractivity contribution >= 4 is 5.69 Å². The summed E-state index contributed by atoms with van der Waals surface area (Å²) in [4.78, 5) is 7.58. The molecule has 0 unspecified atom stereocenters. The highest BCUT2D eigenvalue weighted by Gasteiger charge is 2.27. The number of nitrogens with zero attached hydrogens (tertiary/aromatic N) is 3. The highest BCUT2D eigenvalue weighted by Crippen LogP contribution is 2.27. The van der Waals surface area contributed by atoms with Crippen LogP contribution in [0.3, 0.4) is 0 Å². The summed E-state index contributed by atoms with van der Waals surface area (Å²) in [7, 11) is 4.52. The van der Waals surface area contributed by atoms with Gasteiger partial charge >= 0.3 is 0 Å². The Morgan fingerprint density at radius 1 is 1.17 bits per heavy atom. The molecule has 2 heterocycles. The molecule has 0 spiro atoms. The number of likely N-dealkylation sites (tertiary alicyclic amines) is 1. The average Bonchev–Trinajstić information content (AvgIpc) is 2.54. The molecule has 0 bridgehead atoms. The normalized spacial score (nSPS) is 23.3. The molecule has 1 aromatic carbocycles. The van der Waals surface area contributed by atoms with Gasteiger partial charge in [0.15, 0.2) is 0 Å². The summed E-state index contributed by atoms with van der Waals surface area (Å²) in [6.07, 6.45) is 2.53. The van der Waals surface area contributed by atoms with Crippen LogP contribution in [0.25, 0.3) is 0 Å². The molecule has 0 aromatic heterocycles. The van der Waals surface area contributed by atoms with Crippen LogP contribution in [0.2, 0.25) is 0 Å². The van der Waals surface area contributed by atoms with E-state index in [2.05, 4.69) is 72.2 Å². The lowest BCUT2D eigenvalue weighted by atomic mass is 10.00. The largest absolute Gasteiger partial charge is 0.371 e. The summed E-state index contributed by atoms with van der Waals surface area (Å²) in [5.41, 5.74) is 3.10. The number of nitrogens with one attached hydrogen (secondary N) is 1. The quantitative estimate of drug-likeness (QED) is 0.915. The van der Waals surface area contributed by atoms with E-state index < -0.39 is 0 Å². The van der Waals surface area contributed by atoms with Gasteiger partial charge in [0.2, 0.25) is 0 Å². The van der Waals surface area contributed by atoms with E-state index in [0.29, 0.717) is 6.04 Å². The maximum absolute atomic E-state index is 3.61. The molecule has 1 aromatic rings. The zero-order valence-electron chi connectivity index (χ0n) is 15.9. The first-order chi connectivity index (χ1) is 11.4. The summed E-state index contributed by atoms with van der Waals surface area (Å²) < 4.78 is 0. The Morgan fingerprint density at radius 2 is 1.88 bits per heavy atom. The minimum Gasteiger partial charge on any atom is -0.371 e. The monoisotopic (exact) mass is 330 g/mol. The zero-order chi connectivity index (χ0) is 17.2. The summed E-state index contributed by atoms with van der Waals surface area (Å²) >= 11 is 0. The molecule has 0 radical (unpaired) electrons. The standard InChI is InChI=1S/C20H34N4/c1-20(2)16-24(14-11-21-20)15-17-7-5-6-8-19(17)23(4)18-9-12-22(3)13-10-18/h5-8,18,21H,9-16H2,1-4H3. The van der Waals surface area contributed by atoms with Crippen LogP contribution in [0, 0.1) is 0 Å². The Kier molecular flexibility index (Phi) is 5.48. The predicted molar refractivity (Wildman–Crippen MR) is 103 cm³/mol. The number of rotatable bonds is 4. The second-order valence-electron chi connectivity index (χ2n) is 8.30. The number of hydrogen-bond donors (Lipinski definition) is 1. The Hall–Kier alpha value is -1.10. The lowest BCUT2D eigenvalue weighted by Gasteiger charge is -2.40. The molecule has 2 aliphatic heterocycles. The summed E-state index contributed by atoms with van der Waals surface area (Å²) in [5, 5.41) is 3.61. The third-order valence-corrected chi connectivity index (χ3v) is 5.65. The van der Waals surface area contributed by atoms with E-state index in [4.69, 9.17) is 0 Å². The van der Waals surface area contributed by atoms with Crippen LogP contribution in [-0.4, -0.2) is 68.2 Å². The first kappa shape index (κ1) is 17.7. The van der Waals surface area contributed by atoms with E-state index in [1.165, 1.54) is 37.2 Å². The summed E-state index contributed by atoms with van der Waals surface area (Å²) in [5.74, 6) is 0. The zero-order valence-corrected chi connectivity index (χ0v) is 15.9. The molecule has 1 N–H and O–H groups in total. The first-order valence-corrected chi connectivity index (χ1v) is 9.41. The van der Waals surface area contributed by atoms with Crippen molar-refractivity contribution in [2.45, 2.75) is 44.8 Å². The van der Waals surface area contributed by atoms with Gasteiger partial charge in [0.25, 0.3) is 0 Å². The van der Waals surface area contributed by atoms with E-state index in [0.717, 1.165) is 26.2 Å². The van der Waals surface area contributed by atoms with Gasteiger partial charge in [-0.25, -0.2) is 0 Å². The fraction of sp³-hybridized carbons (Fsp3) is 0.700. The fourth-order valence-electron chi connectivity index (χ4n) is 4.19. The molecule has 2 fully saturated rings. The molecular weight excluding hydrogens is 296 g/mol. The second kappa shape index (κ2) is 7.42. The Morgan fingerprint density at radius 3 is 2.58 bits per heavy atom. The Balaban J connectivity index is 1.70. The average molecular weight is 331 g/mol. The molecule has 0 amide bonds. The van der Waals surface area contributed by atoms with Gasteiger partial charge < -0.3 is 15.1 Å². The van der Waals surface area contributed by atoms with E-state index in [9.17, 15) is 0 Å². The molecule has 3 rings (SSSR count). The highest BCUT2D eigenvalue weighted by atomic mass is 15.2. The number of piperazine rings is 1. The molecule has 0 aliphatic carbocycles. The third-order valence-electron chi connectivity index (χ3n) is 5.65. The fourth-order valence-corrected chi connectivity index (χ4v) is 4.19. The molecule has 2 aliphatic rings.